The maximum atomic E-state index is 12.8. The number of carbonyl (C=O) groups is 2. The number of halogens is 1. The Kier molecular flexibility index (Phi) is 6.58. The van der Waals surface area contributed by atoms with Crippen molar-refractivity contribution in [2.45, 2.75) is 13.0 Å². The van der Waals surface area contributed by atoms with E-state index in [0.29, 0.717) is 37.6 Å². The highest BCUT2D eigenvalue weighted by molar-refractivity contribution is 6.30. The monoisotopic (exact) mass is 503 g/mol. The van der Waals surface area contributed by atoms with E-state index in [1.165, 1.54) is 16.8 Å². The van der Waals surface area contributed by atoms with Gasteiger partial charge in [0.25, 0.3) is 11.1 Å². The SMILES string of the molecule is CC(C(=O)Nc1ccc(-c2cc(=O)[nH]n2C(=O)O)cc1)n1ccc(-c2cc(Cl)ccc2C#N)cc1=O. The fourth-order valence-electron chi connectivity index (χ4n) is 3.68. The van der Waals surface area contributed by atoms with Gasteiger partial charge in [0.05, 0.1) is 17.3 Å². The molecule has 4 rings (SSSR count). The molecule has 4 aromatic rings. The summed E-state index contributed by atoms with van der Waals surface area (Å²) in [6, 6.07) is 16.3. The zero-order valence-corrected chi connectivity index (χ0v) is 19.5. The van der Waals surface area contributed by atoms with Gasteiger partial charge in [0.15, 0.2) is 0 Å². The van der Waals surface area contributed by atoms with Gasteiger partial charge >= 0.3 is 6.09 Å². The molecule has 11 heteroatoms. The third kappa shape index (κ3) is 4.82. The number of aromatic amines is 1. The Labute approximate surface area is 208 Å². The summed E-state index contributed by atoms with van der Waals surface area (Å²) in [5, 5.41) is 23.9. The fraction of sp³-hybridized carbons (Fsp3) is 0.0800. The number of nitrogens with zero attached hydrogens (tertiary/aromatic N) is 3. The first kappa shape index (κ1) is 24.3. The van der Waals surface area contributed by atoms with Crippen LogP contribution < -0.4 is 16.4 Å². The molecule has 36 heavy (non-hydrogen) atoms. The molecule has 1 unspecified atom stereocenters. The number of hydrogen-bond donors (Lipinski definition) is 3. The molecule has 0 aliphatic carbocycles. The number of aromatic nitrogens is 3. The number of anilines is 1. The average molecular weight is 504 g/mol. The van der Waals surface area contributed by atoms with Gasteiger partial charge in [-0.05, 0) is 48.9 Å². The number of carboxylic acid groups (broad SMARTS) is 1. The van der Waals surface area contributed by atoms with Crippen LogP contribution in [0, 0.1) is 11.3 Å². The summed E-state index contributed by atoms with van der Waals surface area (Å²) in [7, 11) is 0. The van der Waals surface area contributed by atoms with Crippen molar-refractivity contribution in [3.8, 4) is 28.5 Å². The van der Waals surface area contributed by atoms with Crippen LogP contribution in [0.1, 0.15) is 18.5 Å². The molecule has 0 bridgehead atoms. The fourth-order valence-corrected chi connectivity index (χ4v) is 3.85. The van der Waals surface area contributed by atoms with Gasteiger partial charge in [-0.15, -0.1) is 0 Å². The maximum absolute atomic E-state index is 12.8. The second-order valence-electron chi connectivity index (χ2n) is 7.83. The molecule has 0 radical (unpaired) electrons. The molecule has 0 fully saturated rings. The third-order valence-corrected chi connectivity index (χ3v) is 5.76. The van der Waals surface area contributed by atoms with Crippen LogP contribution in [0.25, 0.3) is 22.4 Å². The molecular formula is C25H18ClN5O5. The van der Waals surface area contributed by atoms with Crippen molar-refractivity contribution in [2.75, 3.05) is 5.32 Å². The maximum Gasteiger partial charge on any atom is 0.431 e. The van der Waals surface area contributed by atoms with Crippen molar-refractivity contribution < 1.29 is 14.7 Å². The Morgan fingerprint density at radius 1 is 1.06 bits per heavy atom. The normalized spacial score (nSPS) is 11.5. The first-order valence-electron chi connectivity index (χ1n) is 10.6. The molecule has 0 saturated carbocycles. The number of rotatable bonds is 5. The number of amides is 1. The molecule has 3 N–H and O–H groups in total. The number of nitriles is 1. The van der Waals surface area contributed by atoms with Gasteiger partial charge < -0.3 is 15.0 Å². The first-order valence-corrected chi connectivity index (χ1v) is 10.9. The van der Waals surface area contributed by atoms with E-state index >= 15 is 0 Å². The van der Waals surface area contributed by atoms with Crippen molar-refractivity contribution >= 4 is 29.3 Å². The molecule has 0 spiro atoms. The van der Waals surface area contributed by atoms with Crippen LogP contribution >= 0.6 is 11.6 Å². The lowest BCUT2D eigenvalue weighted by Gasteiger charge is -2.16. The number of nitrogens with one attached hydrogen (secondary N) is 2. The summed E-state index contributed by atoms with van der Waals surface area (Å²) in [6.45, 7) is 1.57. The summed E-state index contributed by atoms with van der Waals surface area (Å²) >= 11 is 6.04. The summed E-state index contributed by atoms with van der Waals surface area (Å²) in [5.41, 5.74) is 1.41. The van der Waals surface area contributed by atoms with Crippen LogP contribution in [0.2, 0.25) is 5.02 Å². The molecule has 10 nitrogen and oxygen atoms in total. The lowest BCUT2D eigenvalue weighted by atomic mass is 10.0. The largest absolute Gasteiger partial charge is 0.463 e. The van der Waals surface area contributed by atoms with Crippen LogP contribution in [-0.2, 0) is 4.79 Å². The molecule has 1 amide bonds. The number of pyridine rings is 1. The molecule has 1 atom stereocenters. The van der Waals surface area contributed by atoms with Crippen molar-refractivity contribution in [3.05, 3.63) is 98.2 Å². The van der Waals surface area contributed by atoms with Gasteiger partial charge in [-0.25, -0.2) is 4.79 Å². The van der Waals surface area contributed by atoms with Gasteiger partial charge in [-0.1, -0.05) is 23.7 Å². The molecular weight excluding hydrogens is 486 g/mol. The Morgan fingerprint density at radius 2 is 1.78 bits per heavy atom. The minimum Gasteiger partial charge on any atom is -0.463 e. The first-order chi connectivity index (χ1) is 17.2. The Morgan fingerprint density at radius 3 is 2.42 bits per heavy atom. The quantitative estimate of drug-likeness (QED) is 0.375. The van der Waals surface area contributed by atoms with Gasteiger partial charge in [0.1, 0.15) is 6.04 Å². The number of carbonyl (C=O) groups excluding carboxylic acids is 1. The molecule has 180 valence electrons. The highest BCUT2D eigenvalue weighted by Gasteiger charge is 2.18. The second-order valence-corrected chi connectivity index (χ2v) is 8.27. The summed E-state index contributed by atoms with van der Waals surface area (Å²) in [4.78, 5) is 48.4. The number of hydrogen-bond acceptors (Lipinski definition) is 5. The van der Waals surface area contributed by atoms with E-state index in [0.717, 1.165) is 6.07 Å². The molecule has 0 aliphatic rings. The Hall–Kier alpha value is -4.88. The van der Waals surface area contributed by atoms with Crippen LogP contribution in [0.3, 0.4) is 0 Å². The Balaban J connectivity index is 1.53. The lowest BCUT2D eigenvalue weighted by Crippen LogP contribution is -2.30. The molecule has 0 aliphatic heterocycles. The average Bonchev–Trinajstić information content (AvgIpc) is 3.26. The van der Waals surface area contributed by atoms with Crippen molar-refractivity contribution in [2.24, 2.45) is 0 Å². The Bertz CT molecular complexity index is 1640. The lowest BCUT2D eigenvalue weighted by molar-refractivity contribution is -0.118. The third-order valence-electron chi connectivity index (χ3n) is 5.53. The zero-order valence-electron chi connectivity index (χ0n) is 18.7. The summed E-state index contributed by atoms with van der Waals surface area (Å²) in [6.07, 6.45) is 0.137. The van der Waals surface area contributed by atoms with Crippen LogP contribution in [0.5, 0.6) is 0 Å². The van der Waals surface area contributed by atoms with Crippen molar-refractivity contribution in [1.29, 1.82) is 5.26 Å². The highest BCUT2D eigenvalue weighted by Crippen LogP contribution is 2.26. The van der Waals surface area contributed by atoms with Gasteiger partial charge in [0, 0.05) is 40.2 Å². The van der Waals surface area contributed by atoms with E-state index in [2.05, 4.69) is 16.5 Å². The van der Waals surface area contributed by atoms with Crippen molar-refractivity contribution in [3.63, 3.8) is 0 Å². The molecule has 2 aromatic carbocycles. The molecule has 2 aromatic heterocycles. The molecule has 0 saturated heterocycles. The molecule has 2 heterocycles. The number of H-pyrrole nitrogens is 1. The van der Waals surface area contributed by atoms with E-state index in [4.69, 9.17) is 11.6 Å². The van der Waals surface area contributed by atoms with Crippen LogP contribution in [0.15, 0.2) is 76.4 Å². The van der Waals surface area contributed by atoms with E-state index < -0.39 is 29.2 Å². The minimum atomic E-state index is -1.34. The minimum absolute atomic E-state index is 0.157. The van der Waals surface area contributed by atoms with E-state index in [-0.39, 0.29) is 5.69 Å². The van der Waals surface area contributed by atoms with E-state index in [9.17, 15) is 29.5 Å². The van der Waals surface area contributed by atoms with E-state index in [1.807, 2.05) is 0 Å². The van der Waals surface area contributed by atoms with Crippen LogP contribution in [0.4, 0.5) is 10.5 Å². The summed E-state index contributed by atoms with van der Waals surface area (Å²) in [5.74, 6) is -0.456. The number of benzene rings is 2. The van der Waals surface area contributed by atoms with Crippen LogP contribution in [-0.4, -0.2) is 31.5 Å². The van der Waals surface area contributed by atoms with E-state index in [1.54, 1.807) is 55.5 Å². The smallest absolute Gasteiger partial charge is 0.431 e. The topological polar surface area (TPSA) is 150 Å². The van der Waals surface area contributed by atoms with Crippen molar-refractivity contribution in [1.82, 2.24) is 14.3 Å². The zero-order chi connectivity index (χ0) is 26.0. The predicted molar refractivity (Wildman–Crippen MR) is 133 cm³/mol. The highest BCUT2D eigenvalue weighted by atomic mass is 35.5. The standard InChI is InChI=1S/C25H18ClN5O5/c1-14(30-9-8-16(10-23(30)33)20-11-18(26)5-2-17(20)13-27)24(34)28-19-6-3-15(4-7-19)21-12-22(32)29-31(21)25(35)36/h2-12,14H,1H3,(H,28,34)(H,29,32)(H,35,36). The second kappa shape index (κ2) is 9.77. The van der Waals surface area contributed by atoms with Gasteiger partial charge in [0.2, 0.25) is 5.91 Å². The van der Waals surface area contributed by atoms with Gasteiger partial charge in [-0.3, -0.25) is 19.5 Å². The van der Waals surface area contributed by atoms with Gasteiger partial charge in [-0.2, -0.15) is 9.94 Å². The predicted octanol–water partition coefficient (Wildman–Crippen LogP) is 3.92. The summed E-state index contributed by atoms with van der Waals surface area (Å²) < 4.78 is 1.96.